The molecule has 27 heavy (non-hydrogen) atoms. The van der Waals surface area contributed by atoms with Crippen LogP contribution in [0.2, 0.25) is 0 Å². The Morgan fingerprint density at radius 3 is 2.81 bits per heavy atom. The molecule has 0 radical (unpaired) electrons. The van der Waals surface area contributed by atoms with Crippen LogP contribution in [0.1, 0.15) is 5.56 Å². The van der Waals surface area contributed by atoms with Crippen molar-refractivity contribution in [3.63, 3.8) is 0 Å². The average molecular weight is 384 g/mol. The van der Waals surface area contributed by atoms with Gasteiger partial charge in [-0.3, -0.25) is 0 Å². The molecule has 0 saturated carbocycles. The maximum atomic E-state index is 12.1. The highest BCUT2D eigenvalue weighted by Gasteiger charge is 2.16. The first-order valence-corrected chi connectivity index (χ1v) is 9.63. The molecule has 1 unspecified atom stereocenters. The van der Waals surface area contributed by atoms with E-state index in [2.05, 4.69) is 15.0 Å². The van der Waals surface area contributed by atoms with Crippen LogP contribution in [0, 0.1) is 0 Å². The molecule has 2 aromatic carbocycles. The van der Waals surface area contributed by atoms with E-state index in [0.29, 0.717) is 11.4 Å². The van der Waals surface area contributed by atoms with Crippen LogP contribution in [0.3, 0.4) is 0 Å². The number of hydrogen-bond donors (Lipinski definition) is 2. The van der Waals surface area contributed by atoms with Crippen molar-refractivity contribution in [2.75, 3.05) is 19.2 Å². The van der Waals surface area contributed by atoms with Crippen molar-refractivity contribution in [2.24, 2.45) is 7.05 Å². The summed E-state index contributed by atoms with van der Waals surface area (Å²) in [5.74, 6) is 1.53. The number of anilines is 1. The number of hydrogen-bond acceptors (Lipinski definition) is 6. The lowest BCUT2D eigenvalue weighted by Crippen LogP contribution is -2.18. The number of imidazole rings is 1. The van der Waals surface area contributed by atoms with Gasteiger partial charge in [0.1, 0.15) is 0 Å². The predicted octanol–water partition coefficient (Wildman–Crippen LogP) is 2.67. The number of fused-ring (bicyclic) bond motifs is 1. The molecule has 7 nitrogen and oxygen atoms in total. The average Bonchev–Trinajstić information content (AvgIpc) is 3.33. The number of rotatable bonds is 6. The van der Waals surface area contributed by atoms with Crippen LogP contribution in [0.25, 0.3) is 11.3 Å². The number of nitrogens with one attached hydrogen (secondary N) is 2. The Labute approximate surface area is 160 Å². The first-order chi connectivity index (χ1) is 13.1. The predicted molar refractivity (Wildman–Crippen MR) is 104 cm³/mol. The molecule has 0 bridgehead atoms. The lowest BCUT2D eigenvalue weighted by atomic mass is 10.1. The number of aromatic nitrogens is 2. The Morgan fingerprint density at radius 2 is 2.04 bits per heavy atom. The van der Waals surface area contributed by atoms with Gasteiger partial charge in [-0.1, -0.05) is 6.07 Å². The molecule has 0 spiro atoms. The smallest absolute Gasteiger partial charge is 0.231 e. The van der Waals surface area contributed by atoms with E-state index in [1.165, 1.54) is 0 Å². The largest absolute Gasteiger partial charge is 0.593 e. The molecule has 0 saturated heterocycles. The highest BCUT2D eigenvalue weighted by molar-refractivity contribution is 7.89. The van der Waals surface area contributed by atoms with Gasteiger partial charge in [0, 0.05) is 44.2 Å². The van der Waals surface area contributed by atoms with Gasteiger partial charge in [0.2, 0.25) is 6.79 Å². The molecule has 8 heteroatoms. The quantitative estimate of drug-likeness (QED) is 0.636. The molecule has 1 aromatic heterocycles. The van der Waals surface area contributed by atoms with Gasteiger partial charge in [-0.05, 0) is 29.8 Å². The molecule has 140 valence electrons. The van der Waals surface area contributed by atoms with E-state index in [0.717, 1.165) is 34.0 Å². The summed E-state index contributed by atoms with van der Waals surface area (Å²) < 4.78 is 27.6. The zero-order chi connectivity index (χ0) is 18.8. The first-order valence-electron chi connectivity index (χ1n) is 8.48. The monoisotopic (exact) mass is 384 g/mol. The van der Waals surface area contributed by atoms with Crippen LogP contribution in [0.4, 0.5) is 5.69 Å². The standard InChI is InChI=1S/C19H20N4O3S/c1-20-27(24)14-4-5-16(15(8-14)17-10-23(2)11-22-17)21-9-13-3-6-18-19(7-13)26-12-25-18/h3-8,10-11,20-21H,9,12H2,1-2H3. The zero-order valence-electron chi connectivity index (χ0n) is 15.1. The molecular weight excluding hydrogens is 364 g/mol. The third-order valence-corrected chi connectivity index (χ3v) is 5.34. The fourth-order valence-electron chi connectivity index (χ4n) is 2.92. The topological polar surface area (TPSA) is 83.4 Å². The summed E-state index contributed by atoms with van der Waals surface area (Å²) in [4.78, 5) is 5.14. The molecule has 2 N–H and O–H groups in total. The second-order valence-electron chi connectivity index (χ2n) is 6.15. The normalized spacial score (nSPS) is 13.6. The van der Waals surface area contributed by atoms with Crippen molar-refractivity contribution in [2.45, 2.75) is 11.4 Å². The van der Waals surface area contributed by atoms with E-state index in [9.17, 15) is 4.55 Å². The molecule has 1 aliphatic heterocycles. The summed E-state index contributed by atoms with van der Waals surface area (Å²) >= 11 is -1.26. The van der Waals surface area contributed by atoms with E-state index in [-0.39, 0.29) is 6.79 Å². The van der Waals surface area contributed by atoms with Gasteiger partial charge in [-0.2, -0.15) is 0 Å². The molecule has 0 aliphatic carbocycles. The van der Waals surface area contributed by atoms with Gasteiger partial charge in [-0.25, -0.2) is 4.98 Å². The SMILES string of the molecule is CN[S+]([O-])c1ccc(NCc2ccc3c(c2)OCO3)c(-c2cn(C)cn2)c1. The highest BCUT2D eigenvalue weighted by Crippen LogP contribution is 2.33. The number of aryl methyl sites for hydroxylation is 1. The first kappa shape index (κ1) is 17.7. The zero-order valence-corrected chi connectivity index (χ0v) is 15.9. The van der Waals surface area contributed by atoms with E-state index in [1.807, 2.05) is 54.2 Å². The van der Waals surface area contributed by atoms with Crippen LogP contribution in [0.15, 0.2) is 53.8 Å². The minimum Gasteiger partial charge on any atom is -0.593 e. The molecule has 4 rings (SSSR count). The fraction of sp³-hybridized carbons (Fsp3) is 0.211. The van der Waals surface area contributed by atoms with Crippen LogP contribution in [-0.2, 0) is 25.0 Å². The molecular formula is C19H20N4O3S. The van der Waals surface area contributed by atoms with Gasteiger partial charge in [0.05, 0.1) is 23.4 Å². The van der Waals surface area contributed by atoms with Gasteiger partial charge >= 0.3 is 0 Å². The highest BCUT2D eigenvalue weighted by atomic mass is 32.2. The van der Waals surface area contributed by atoms with Crippen LogP contribution >= 0.6 is 0 Å². The van der Waals surface area contributed by atoms with Gasteiger partial charge in [0.25, 0.3) is 0 Å². The van der Waals surface area contributed by atoms with Crippen molar-refractivity contribution < 1.29 is 14.0 Å². The Balaban J connectivity index is 1.61. The van der Waals surface area contributed by atoms with Crippen LogP contribution < -0.4 is 19.5 Å². The van der Waals surface area contributed by atoms with E-state index >= 15 is 0 Å². The Kier molecular flexibility index (Phi) is 4.93. The van der Waals surface area contributed by atoms with Gasteiger partial charge in [0.15, 0.2) is 16.4 Å². The molecule has 0 amide bonds. The summed E-state index contributed by atoms with van der Waals surface area (Å²) in [6.45, 7) is 0.880. The summed E-state index contributed by atoms with van der Waals surface area (Å²) in [6, 6.07) is 11.6. The summed E-state index contributed by atoms with van der Waals surface area (Å²) in [5, 5.41) is 3.45. The fourth-order valence-corrected chi connectivity index (χ4v) is 3.57. The number of ether oxygens (including phenoxy) is 2. The van der Waals surface area contributed by atoms with E-state index in [1.54, 1.807) is 13.4 Å². The van der Waals surface area contributed by atoms with Gasteiger partial charge < -0.3 is 23.9 Å². The Hall–Kier alpha value is -2.68. The minimum absolute atomic E-state index is 0.264. The van der Waals surface area contributed by atoms with Crippen molar-refractivity contribution in [3.05, 3.63) is 54.5 Å². The maximum absolute atomic E-state index is 12.1. The van der Waals surface area contributed by atoms with Crippen LogP contribution in [0.5, 0.6) is 11.5 Å². The Morgan fingerprint density at radius 1 is 1.19 bits per heavy atom. The lowest BCUT2D eigenvalue weighted by molar-refractivity contribution is 0.174. The third kappa shape index (κ3) is 3.73. The number of nitrogens with zero attached hydrogens (tertiary/aromatic N) is 2. The van der Waals surface area contributed by atoms with E-state index < -0.39 is 11.4 Å². The molecule has 3 aromatic rings. The summed E-state index contributed by atoms with van der Waals surface area (Å²) in [6.07, 6.45) is 3.69. The van der Waals surface area contributed by atoms with Crippen molar-refractivity contribution >= 4 is 17.0 Å². The molecule has 2 heterocycles. The van der Waals surface area contributed by atoms with Gasteiger partial charge in [-0.15, -0.1) is 4.72 Å². The molecule has 1 aliphatic rings. The lowest BCUT2D eigenvalue weighted by Gasteiger charge is -2.14. The number of benzene rings is 2. The minimum atomic E-state index is -1.26. The second-order valence-corrected chi connectivity index (χ2v) is 7.56. The van der Waals surface area contributed by atoms with Crippen molar-refractivity contribution in [1.29, 1.82) is 0 Å². The second kappa shape index (κ2) is 7.51. The van der Waals surface area contributed by atoms with Crippen molar-refractivity contribution in [3.8, 4) is 22.8 Å². The van der Waals surface area contributed by atoms with E-state index in [4.69, 9.17) is 9.47 Å². The summed E-state index contributed by atoms with van der Waals surface area (Å²) in [5.41, 5.74) is 3.72. The Bertz CT molecular complexity index is 960. The molecule has 1 atom stereocenters. The van der Waals surface area contributed by atoms with Crippen molar-refractivity contribution in [1.82, 2.24) is 14.3 Å². The third-order valence-electron chi connectivity index (χ3n) is 4.29. The summed E-state index contributed by atoms with van der Waals surface area (Å²) in [7, 11) is 3.59. The van der Waals surface area contributed by atoms with Crippen LogP contribution in [-0.4, -0.2) is 27.9 Å². The molecule has 0 fully saturated rings. The maximum Gasteiger partial charge on any atom is 0.231 e.